The van der Waals surface area contributed by atoms with Gasteiger partial charge in [-0.1, -0.05) is 29.6 Å². The zero-order chi connectivity index (χ0) is 32.5. The largest absolute Gasteiger partial charge is 0.489 e. The molecule has 1 aliphatic carbocycles. The molecule has 0 bridgehead atoms. The summed E-state index contributed by atoms with van der Waals surface area (Å²) in [5.41, 5.74) is 1.22. The van der Waals surface area contributed by atoms with E-state index >= 15 is 0 Å². The molecule has 2 aromatic rings. The monoisotopic (exact) mass is 691 g/mol. The van der Waals surface area contributed by atoms with Crippen molar-refractivity contribution in [2.45, 2.75) is 62.3 Å². The normalized spacial score (nSPS) is 20.0. The number of thioether (sulfide) groups is 1. The van der Waals surface area contributed by atoms with Gasteiger partial charge in [0.05, 0.1) is 41.0 Å². The van der Waals surface area contributed by atoms with Crippen molar-refractivity contribution in [3.8, 4) is 5.75 Å². The molecule has 5 amide bonds. The number of unbranched alkanes of at least 4 members (excludes halogenated alkanes) is 1. The highest BCUT2D eigenvalue weighted by Gasteiger charge is 2.42. The molecule has 5 N–H and O–H groups in total. The van der Waals surface area contributed by atoms with Gasteiger partial charge in [0.25, 0.3) is 5.91 Å². The van der Waals surface area contributed by atoms with Crippen molar-refractivity contribution < 1.29 is 28.7 Å². The number of halogens is 2. The van der Waals surface area contributed by atoms with Gasteiger partial charge in [0.1, 0.15) is 12.4 Å². The topological polar surface area (TPSA) is 147 Å². The molecule has 248 valence electrons. The molecule has 3 atom stereocenters. The van der Waals surface area contributed by atoms with Gasteiger partial charge in [-0.3, -0.25) is 14.4 Å². The Balaban J connectivity index is 0.997. The number of benzene rings is 2. The lowest BCUT2D eigenvalue weighted by atomic mass is 10.0. The van der Waals surface area contributed by atoms with E-state index in [0.29, 0.717) is 69.9 Å². The Morgan fingerprint density at radius 3 is 2.59 bits per heavy atom. The second-order valence-corrected chi connectivity index (χ2v) is 13.8. The molecule has 2 saturated heterocycles. The highest BCUT2D eigenvalue weighted by atomic mass is 35.5. The Bertz CT molecular complexity index is 1430. The Morgan fingerprint density at radius 1 is 0.935 bits per heavy atom. The first-order valence-corrected chi connectivity index (χ1v) is 17.4. The summed E-state index contributed by atoms with van der Waals surface area (Å²) >= 11 is 13.9. The van der Waals surface area contributed by atoms with Gasteiger partial charge in [-0.2, -0.15) is 11.8 Å². The summed E-state index contributed by atoms with van der Waals surface area (Å²) in [4.78, 5) is 49.2. The molecule has 0 spiro atoms. The minimum absolute atomic E-state index is 0.0116. The maximum atomic E-state index is 12.9. The summed E-state index contributed by atoms with van der Waals surface area (Å²) in [6.07, 6.45) is 5.67. The quantitative estimate of drug-likeness (QED) is 0.113. The summed E-state index contributed by atoms with van der Waals surface area (Å²) in [5, 5.41) is 15.6. The van der Waals surface area contributed by atoms with Crippen LogP contribution in [0, 0.1) is 5.92 Å². The fourth-order valence-corrected chi connectivity index (χ4v) is 7.24. The van der Waals surface area contributed by atoms with E-state index in [1.54, 1.807) is 36.4 Å². The Kier molecular flexibility index (Phi) is 12.3. The third-order valence-corrected chi connectivity index (χ3v) is 10.2. The Labute approximate surface area is 282 Å². The van der Waals surface area contributed by atoms with Crippen molar-refractivity contribution in [3.05, 3.63) is 52.0 Å². The maximum Gasteiger partial charge on any atom is 0.315 e. The van der Waals surface area contributed by atoms with Gasteiger partial charge in [-0.15, -0.1) is 0 Å². The first kappa shape index (κ1) is 34.2. The molecular weight excluding hydrogens is 653 g/mol. The molecular formula is C32H39Cl2N5O6S. The Morgan fingerprint density at radius 2 is 1.78 bits per heavy atom. The number of hydrogen-bond acceptors (Lipinski definition) is 7. The number of rotatable bonds is 17. The molecule has 2 aromatic carbocycles. The molecule has 2 heterocycles. The van der Waals surface area contributed by atoms with Gasteiger partial charge in [0.2, 0.25) is 11.8 Å². The number of hydrogen-bond donors (Lipinski definition) is 5. The maximum absolute atomic E-state index is 12.9. The van der Waals surface area contributed by atoms with E-state index in [2.05, 4.69) is 26.6 Å². The summed E-state index contributed by atoms with van der Waals surface area (Å²) in [6.45, 7) is 1.22. The average Bonchev–Trinajstić information content (AvgIpc) is 3.65. The summed E-state index contributed by atoms with van der Waals surface area (Å²) in [5.74, 6) is 1.24. The van der Waals surface area contributed by atoms with Crippen molar-refractivity contribution in [2.24, 2.45) is 5.92 Å². The molecule has 2 aliphatic heterocycles. The van der Waals surface area contributed by atoms with Gasteiger partial charge < -0.3 is 36.1 Å². The highest BCUT2D eigenvalue weighted by molar-refractivity contribution is 8.00. The van der Waals surface area contributed by atoms with Gasteiger partial charge in [-0.25, -0.2) is 4.79 Å². The number of nitrogens with one attached hydrogen (secondary N) is 5. The SMILES string of the molecule is O=C(CCCCC1SC[C@@H]2NC(=O)N[C@H]12)NCCOCCOc1ccc(C(=O)Nc2ccc(Cl)c(Cl)c2)cc1NC(=O)CC1CC1. The summed E-state index contributed by atoms with van der Waals surface area (Å²) in [7, 11) is 0. The van der Waals surface area contributed by atoms with Gasteiger partial charge >= 0.3 is 6.03 Å². The van der Waals surface area contributed by atoms with Crippen molar-refractivity contribution in [2.75, 3.05) is 42.8 Å². The molecule has 14 heteroatoms. The van der Waals surface area contributed by atoms with E-state index in [4.69, 9.17) is 32.7 Å². The average molecular weight is 693 g/mol. The second kappa shape index (κ2) is 16.6. The third-order valence-electron chi connectivity index (χ3n) is 8.00. The number of ether oxygens (including phenoxy) is 2. The van der Waals surface area contributed by atoms with Gasteiger partial charge in [0.15, 0.2) is 0 Å². The minimum atomic E-state index is -0.379. The first-order chi connectivity index (χ1) is 22.2. The van der Waals surface area contributed by atoms with E-state index in [-0.39, 0.29) is 49.1 Å². The number of fused-ring (bicyclic) bond motifs is 1. The third kappa shape index (κ3) is 10.2. The van der Waals surface area contributed by atoms with Crippen molar-refractivity contribution in [3.63, 3.8) is 0 Å². The van der Waals surface area contributed by atoms with Crippen LogP contribution in [0.3, 0.4) is 0 Å². The van der Waals surface area contributed by atoms with E-state index in [0.717, 1.165) is 37.9 Å². The Hall–Kier alpha value is -3.19. The predicted molar refractivity (Wildman–Crippen MR) is 180 cm³/mol. The van der Waals surface area contributed by atoms with Crippen LogP contribution in [0.1, 0.15) is 55.3 Å². The first-order valence-electron chi connectivity index (χ1n) is 15.6. The molecule has 3 fully saturated rings. The van der Waals surface area contributed by atoms with Crippen LogP contribution in [-0.4, -0.2) is 73.2 Å². The van der Waals surface area contributed by atoms with E-state index in [1.807, 2.05) is 11.8 Å². The van der Waals surface area contributed by atoms with Crippen LogP contribution in [-0.2, 0) is 14.3 Å². The van der Waals surface area contributed by atoms with E-state index < -0.39 is 0 Å². The minimum Gasteiger partial charge on any atom is -0.489 e. The van der Waals surface area contributed by atoms with Crippen LogP contribution in [0.25, 0.3) is 0 Å². The smallest absolute Gasteiger partial charge is 0.315 e. The number of anilines is 2. The zero-order valence-electron chi connectivity index (χ0n) is 25.4. The van der Waals surface area contributed by atoms with Crippen LogP contribution < -0.4 is 31.3 Å². The molecule has 11 nitrogen and oxygen atoms in total. The molecule has 0 radical (unpaired) electrons. The van der Waals surface area contributed by atoms with Crippen molar-refractivity contribution in [1.29, 1.82) is 0 Å². The fourth-order valence-electron chi connectivity index (χ4n) is 5.40. The fraction of sp³-hybridized carbons (Fsp3) is 0.500. The molecule has 3 aliphatic rings. The summed E-state index contributed by atoms with van der Waals surface area (Å²) < 4.78 is 11.5. The number of carbonyl (C=O) groups excluding carboxylic acids is 4. The van der Waals surface area contributed by atoms with E-state index in [9.17, 15) is 19.2 Å². The van der Waals surface area contributed by atoms with Gasteiger partial charge in [0, 0.05) is 41.6 Å². The van der Waals surface area contributed by atoms with Crippen molar-refractivity contribution in [1.82, 2.24) is 16.0 Å². The number of urea groups is 1. The lowest BCUT2D eigenvalue weighted by molar-refractivity contribution is -0.121. The standard InChI is InChI=1S/C32H39Cl2N5O6S/c33-22-9-8-21(17-23(22)34)36-31(42)20-7-10-26(24(16-20)37-29(41)15-19-5-6-19)45-14-13-44-12-11-35-28(40)4-2-1-3-27-30-25(18-46-27)38-32(43)39-30/h7-10,16-17,19,25,27,30H,1-6,11-15,18H2,(H,35,40)(H,36,42)(H,37,41)(H2,38,39,43)/t25-,27?,30-/m0/s1. The molecule has 0 aromatic heterocycles. The lowest BCUT2D eigenvalue weighted by Crippen LogP contribution is -2.36. The highest BCUT2D eigenvalue weighted by Crippen LogP contribution is 2.34. The lowest BCUT2D eigenvalue weighted by Gasteiger charge is -2.16. The van der Waals surface area contributed by atoms with Crippen LogP contribution in [0.5, 0.6) is 5.75 Å². The second-order valence-electron chi connectivity index (χ2n) is 11.7. The molecule has 46 heavy (non-hydrogen) atoms. The molecule has 1 unspecified atom stereocenters. The molecule has 1 saturated carbocycles. The predicted octanol–water partition coefficient (Wildman–Crippen LogP) is 5.22. The summed E-state index contributed by atoms with van der Waals surface area (Å²) in [6, 6.07) is 9.97. The zero-order valence-corrected chi connectivity index (χ0v) is 27.7. The number of amides is 5. The van der Waals surface area contributed by atoms with Crippen molar-refractivity contribution >= 4 is 70.1 Å². The van der Waals surface area contributed by atoms with Crippen LogP contribution in [0.2, 0.25) is 10.0 Å². The van der Waals surface area contributed by atoms with Crippen LogP contribution >= 0.6 is 35.0 Å². The van der Waals surface area contributed by atoms with Gasteiger partial charge in [-0.05, 0) is 68.0 Å². The molecule has 5 rings (SSSR count). The van der Waals surface area contributed by atoms with Crippen LogP contribution in [0.15, 0.2) is 36.4 Å². The van der Waals surface area contributed by atoms with Crippen LogP contribution in [0.4, 0.5) is 16.2 Å². The van der Waals surface area contributed by atoms with E-state index in [1.165, 1.54) is 0 Å². The number of carbonyl (C=O) groups is 4.